The van der Waals surface area contributed by atoms with Crippen LogP contribution in [0.4, 0.5) is 24.5 Å². The van der Waals surface area contributed by atoms with Crippen LogP contribution in [0.25, 0.3) is 0 Å². The number of benzene rings is 3. The summed E-state index contributed by atoms with van der Waals surface area (Å²) >= 11 is 0. The average Bonchev–Trinajstić information content (AvgIpc) is 2.77. The predicted molar refractivity (Wildman–Crippen MR) is 116 cm³/mol. The standard InChI is InChI=1S/C22H19F3N2O5S/c1-31-19-7-3-5-16(13-19)26-21(28)14-32-18-8-10-20(11-9-18)33(29,30)27-17-6-2-4-15(12-17)22(23,24)25/h2-13,27H,14H2,1H3,(H,26,28). The number of ether oxygens (including phenoxy) is 2. The summed E-state index contributed by atoms with van der Waals surface area (Å²) in [5.74, 6) is 0.365. The van der Waals surface area contributed by atoms with Gasteiger partial charge in [-0.2, -0.15) is 13.2 Å². The first-order valence-electron chi connectivity index (χ1n) is 9.44. The lowest BCUT2D eigenvalue weighted by molar-refractivity contribution is -0.137. The number of methoxy groups -OCH3 is 1. The highest BCUT2D eigenvalue weighted by atomic mass is 32.2. The first kappa shape index (κ1) is 23.9. The molecule has 0 aliphatic rings. The molecule has 3 aromatic rings. The van der Waals surface area contributed by atoms with Crippen molar-refractivity contribution in [2.45, 2.75) is 11.1 Å². The predicted octanol–water partition coefficient (Wildman–Crippen LogP) is 4.53. The van der Waals surface area contributed by atoms with Crippen molar-refractivity contribution in [3.63, 3.8) is 0 Å². The second-order valence-corrected chi connectivity index (χ2v) is 8.41. The highest BCUT2D eigenvalue weighted by Crippen LogP contribution is 2.31. The Labute approximate surface area is 188 Å². The topological polar surface area (TPSA) is 93.7 Å². The zero-order chi connectivity index (χ0) is 24.1. The number of hydrogen-bond acceptors (Lipinski definition) is 5. The van der Waals surface area contributed by atoms with E-state index in [2.05, 4.69) is 10.0 Å². The Morgan fingerprint density at radius 1 is 0.909 bits per heavy atom. The number of nitrogens with one attached hydrogen (secondary N) is 2. The van der Waals surface area contributed by atoms with Crippen LogP contribution in [0, 0.1) is 0 Å². The zero-order valence-corrected chi connectivity index (χ0v) is 18.0. The van der Waals surface area contributed by atoms with Gasteiger partial charge in [-0.15, -0.1) is 0 Å². The molecule has 0 atom stereocenters. The Bertz CT molecular complexity index is 1230. The van der Waals surface area contributed by atoms with Crippen molar-refractivity contribution in [1.29, 1.82) is 0 Å². The molecule has 0 aromatic heterocycles. The molecule has 2 N–H and O–H groups in total. The van der Waals surface area contributed by atoms with Crippen molar-refractivity contribution in [1.82, 2.24) is 0 Å². The first-order chi connectivity index (χ1) is 15.6. The van der Waals surface area contributed by atoms with Crippen LogP contribution in [0.1, 0.15) is 5.56 Å². The number of carbonyl (C=O) groups is 1. The quantitative estimate of drug-likeness (QED) is 0.494. The molecule has 0 spiro atoms. The Hall–Kier alpha value is -3.73. The van der Waals surface area contributed by atoms with Gasteiger partial charge in [0, 0.05) is 17.4 Å². The highest BCUT2D eigenvalue weighted by molar-refractivity contribution is 7.92. The van der Waals surface area contributed by atoms with Crippen molar-refractivity contribution in [3.05, 3.63) is 78.4 Å². The largest absolute Gasteiger partial charge is 0.497 e. The number of rotatable bonds is 8. The van der Waals surface area contributed by atoms with Gasteiger partial charge in [-0.3, -0.25) is 9.52 Å². The maximum atomic E-state index is 12.8. The summed E-state index contributed by atoms with van der Waals surface area (Å²) in [6, 6.07) is 15.7. The number of anilines is 2. The van der Waals surface area contributed by atoms with E-state index in [1.807, 2.05) is 0 Å². The summed E-state index contributed by atoms with van der Waals surface area (Å²) in [7, 11) is -2.63. The lowest BCUT2D eigenvalue weighted by atomic mass is 10.2. The molecule has 1 amide bonds. The van der Waals surface area contributed by atoms with Crippen molar-refractivity contribution in [2.75, 3.05) is 23.8 Å². The maximum Gasteiger partial charge on any atom is 0.416 e. The van der Waals surface area contributed by atoms with E-state index in [0.29, 0.717) is 17.5 Å². The van der Waals surface area contributed by atoms with Gasteiger partial charge in [0.05, 0.1) is 17.6 Å². The highest BCUT2D eigenvalue weighted by Gasteiger charge is 2.30. The van der Waals surface area contributed by atoms with Gasteiger partial charge in [0.25, 0.3) is 15.9 Å². The molecule has 3 aromatic carbocycles. The van der Waals surface area contributed by atoms with Crippen LogP contribution in [0.2, 0.25) is 0 Å². The number of alkyl halides is 3. The first-order valence-corrected chi connectivity index (χ1v) is 10.9. The molecular weight excluding hydrogens is 461 g/mol. The van der Waals surface area contributed by atoms with E-state index in [0.717, 1.165) is 12.1 Å². The minimum atomic E-state index is -4.60. The third kappa shape index (κ3) is 6.62. The molecule has 33 heavy (non-hydrogen) atoms. The third-order valence-corrected chi connectivity index (χ3v) is 5.70. The maximum absolute atomic E-state index is 12.8. The van der Waals surface area contributed by atoms with Crippen LogP contribution >= 0.6 is 0 Å². The van der Waals surface area contributed by atoms with E-state index in [1.165, 1.54) is 37.4 Å². The van der Waals surface area contributed by atoms with Gasteiger partial charge in [0.2, 0.25) is 0 Å². The molecule has 0 aliphatic carbocycles. The van der Waals surface area contributed by atoms with Crippen molar-refractivity contribution >= 4 is 27.3 Å². The molecule has 0 saturated carbocycles. The molecule has 0 bridgehead atoms. The number of halogens is 3. The molecule has 7 nitrogen and oxygen atoms in total. The van der Waals surface area contributed by atoms with E-state index in [4.69, 9.17) is 9.47 Å². The fourth-order valence-corrected chi connectivity index (χ4v) is 3.78. The molecule has 0 fully saturated rings. The SMILES string of the molecule is COc1cccc(NC(=O)COc2ccc(S(=O)(=O)Nc3cccc(C(F)(F)F)c3)cc2)c1. The second kappa shape index (κ2) is 9.82. The Morgan fingerprint density at radius 3 is 2.24 bits per heavy atom. The minimum Gasteiger partial charge on any atom is -0.497 e. The summed E-state index contributed by atoms with van der Waals surface area (Å²) in [6.07, 6.45) is -4.60. The molecule has 0 radical (unpaired) electrons. The van der Waals surface area contributed by atoms with Crippen LogP contribution in [-0.2, 0) is 21.0 Å². The van der Waals surface area contributed by atoms with Gasteiger partial charge in [0.15, 0.2) is 6.61 Å². The van der Waals surface area contributed by atoms with Crippen LogP contribution in [-0.4, -0.2) is 28.0 Å². The van der Waals surface area contributed by atoms with E-state index in [1.54, 1.807) is 24.3 Å². The van der Waals surface area contributed by atoms with Crippen molar-refractivity contribution in [3.8, 4) is 11.5 Å². The molecule has 11 heteroatoms. The number of sulfonamides is 1. The number of amides is 1. The molecule has 0 aliphatic heterocycles. The lowest BCUT2D eigenvalue weighted by Crippen LogP contribution is -2.20. The van der Waals surface area contributed by atoms with E-state index < -0.39 is 27.7 Å². The van der Waals surface area contributed by atoms with Crippen LogP contribution in [0.5, 0.6) is 11.5 Å². The van der Waals surface area contributed by atoms with Gasteiger partial charge >= 0.3 is 6.18 Å². The minimum absolute atomic E-state index is 0.187. The third-order valence-electron chi connectivity index (χ3n) is 4.30. The van der Waals surface area contributed by atoms with Gasteiger partial charge in [-0.05, 0) is 54.6 Å². The fourth-order valence-electron chi connectivity index (χ4n) is 2.73. The van der Waals surface area contributed by atoms with Gasteiger partial charge < -0.3 is 14.8 Å². The molecule has 0 heterocycles. The fraction of sp³-hybridized carbons (Fsp3) is 0.136. The Kier molecular flexibility index (Phi) is 7.12. The zero-order valence-electron chi connectivity index (χ0n) is 17.2. The van der Waals surface area contributed by atoms with Crippen molar-refractivity contribution < 1.29 is 35.9 Å². The summed E-state index contributed by atoms with van der Waals surface area (Å²) < 4.78 is 76.0. The average molecular weight is 480 g/mol. The molecule has 174 valence electrons. The number of carbonyl (C=O) groups excluding carboxylic acids is 1. The summed E-state index contributed by atoms with van der Waals surface area (Å²) in [5, 5.41) is 2.64. The van der Waals surface area contributed by atoms with Gasteiger partial charge in [-0.25, -0.2) is 8.42 Å². The van der Waals surface area contributed by atoms with Gasteiger partial charge in [-0.1, -0.05) is 12.1 Å². The van der Waals surface area contributed by atoms with Gasteiger partial charge in [0.1, 0.15) is 11.5 Å². The molecular formula is C22H19F3N2O5S. The van der Waals surface area contributed by atoms with Crippen LogP contribution in [0.3, 0.4) is 0 Å². The van der Waals surface area contributed by atoms with Crippen molar-refractivity contribution in [2.24, 2.45) is 0 Å². The summed E-state index contributed by atoms with van der Waals surface area (Å²) in [5.41, 5.74) is -0.678. The van der Waals surface area contributed by atoms with E-state index >= 15 is 0 Å². The molecule has 0 unspecified atom stereocenters. The Balaban J connectivity index is 1.60. The van der Waals surface area contributed by atoms with Crippen LogP contribution in [0.15, 0.2) is 77.7 Å². The monoisotopic (exact) mass is 480 g/mol. The molecule has 3 rings (SSSR count). The van der Waals surface area contributed by atoms with E-state index in [9.17, 15) is 26.4 Å². The molecule has 0 saturated heterocycles. The second-order valence-electron chi connectivity index (χ2n) is 6.72. The smallest absolute Gasteiger partial charge is 0.416 e. The number of hydrogen-bond donors (Lipinski definition) is 2. The van der Waals surface area contributed by atoms with E-state index in [-0.39, 0.29) is 22.9 Å². The Morgan fingerprint density at radius 2 is 1.58 bits per heavy atom. The lowest BCUT2D eigenvalue weighted by Gasteiger charge is -2.12. The summed E-state index contributed by atoms with van der Waals surface area (Å²) in [6.45, 7) is -0.328. The summed E-state index contributed by atoms with van der Waals surface area (Å²) in [4.78, 5) is 11.9. The van der Waals surface area contributed by atoms with Crippen LogP contribution < -0.4 is 19.5 Å². The normalized spacial score (nSPS) is 11.5.